The summed E-state index contributed by atoms with van der Waals surface area (Å²) in [5.41, 5.74) is 0. The third-order valence-electron chi connectivity index (χ3n) is 0.946. The molecule has 0 bridgehead atoms. The lowest BCUT2D eigenvalue weighted by molar-refractivity contribution is 0.242. The van der Waals surface area contributed by atoms with Crippen molar-refractivity contribution in [1.82, 2.24) is 0 Å². The van der Waals surface area contributed by atoms with Gasteiger partial charge in [0.05, 0.1) is 0 Å². The van der Waals surface area contributed by atoms with E-state index >= 15 is 0 Å². The SMILES string of the molecule is CO[Si](O[Si](C)(C)C)O[Si](C)(C)C. The first-order valence-electron chi connectivity index (χ1n) is 4.43. The van der Waals surface area contributed by atoms with Crippen molar-refractivity contribution in [2.75, 3.05) is 7.11 Å². The average Bonchev–Trinajstić information content (AvgIpc) is 1.79. The molecular weight excluding hydrogens is 216 g/mol. The van der Waals surface area contributed by atoms with E-state index in [4.69, 9.17) is 12.7 Å². The maximum Gasteiger partial charge on any atom is 0.555 e. The lowest BCUT2D eigenvalue weighted by atomic mass is 11.8. The second kappa shape index (κ2) is 4.85. The summed E-state index contributed by atoms with van der Waals surface area (Å²) in [6.07, 6.45) is 0. The molecule has 0 aromatic heterocycles. The molecular formula is C7H21O3Si3. The molecule has 0 saturated carbocycles. The molecule has 6 heteroatoms. The van der Waals surface area contributed by atoms with Gasteiger partial charge in [-0.2, -0.15) is 0 Å². The van der Waals surface area contributed by atoms with Crippen LogP contribution < -0.4 is 0 Å². The monoisotopic (exact) mass is 237 g/mol. The fourth-order valence-electron chi connectivity index (χ4n) is 0.604. The van der Waals surface area contributed by atoms with Gasteiger partial charge in [0, 0.05) is 7.11 Å². The van der Waals surface area contributed by atoms with Crippen molar-refractivity contribution in [3.63, 3.8) is 0 Å². The van der Waals surface area contributed by atoms with Gasteiger partial charge in [0.25, 0.3) is 0 Å². The van der Waals surface area contributed by atoms with Gasteiger partial charge in [-0.05, 0) is 39.3 Å². The van der Waals surface area contributed by atoms with Crippen molar-refractivity contribution >= 4 is 26.2 Å². The Labute approximate surface area is 85.6 Å². The van der Waals surface area contributed by atoms with Crippen molar-refractivity contribution < 1.29 is 12.7 Å². The highest BCUT2D eigenvalue weighted by Crippen LogP contribution is 2.11. The Kier molecular flexibility index (Phi) is 5.05. The van der Waals surface area contributed by atoms with Crippen LogP contribution in [0.3, 0.4) is 0 Å². The third kappa shape index (κ3) is 8.85. The fraction of sp³-hybridized carbons (Fsp3) is 1.00. The van der Waals surface area contributed by atoms with E-state index in [2.05, 4.69) is 39.3 Å². The van der Waals surface area contributed by atoms with Gasteiger partial charge in [-0.25, -0.2) is 0 Å². The molecule has 0 rings (SSSR count). The molecule has 0 aromatic rings. The summed E-state index contributed by atoms with van der Waals surface area (Å²) in [5, 5.41) is 0. The quantitative estimate of drug-likeness (QED) is 0.687. The maximum atomic E-state index is 5.79. The van der Waals surface area contributed by atoms with E-state index in [0.29, 0.717) is 0 Å². The van der Waals surface area contributed by atoms with Crippen LogP contribution in [0.2, 0.25) is 39.3 Å². The summed E-state index contributed by atoms with van der Waals surface area (Å²) in [6, 6.07) is 0. The van der Waals surface area contributed by atoms with Crippen molar-refractivity contribution in [3.05, 3.63) is 0 Å². The number of hydrogen-bond donors (Lipinski definition) is 0. The van der Waals surface area contributed by atoms with E-state index < -0.39 is 26.2 Å². The van der Waals surface area contributed by atoms with Gasteiger partial charge in [-0.3, -0.25) is 0 Å². The van der Waals surface area contributed by atoms with E-state index in [1.165, 1.54) is 0 Å². The summed E-state index contributed by atoms with van der Waals surface area (Å²) in [6.45, 7) is 12.9. The molecule has 0 saturated heterocycles. The van der Waals surface area contributed by atoms with Crippen LogP contribution in [0.25, 0.3) is 0 Å². The average molecular weight is 237 g/mol. The molecule has 0 amide bonds. The zero-order chi connectivity index (χ0) is 10.7. The molecule has 1 radical (unpaired) electrons. The summed E-state index contributed by atoms with van der Waals surface area (Å²) >= 11 is 0. The van der Waals surface area contributed by atoms with Crippen LogP contribution >= 0.6 is 0 Å². The zero-order valence-corrected chi connectivity index (χ0v) is 12.7. The molecule has 0 N–H and O–H groups in total. The van der Waals surface area contributed by atoms with Gasteiger partial charge >= 0.3 is 9.53 Å². The molecule has 3 nitrogen and oxygen atoms in total. The first kappa shape index (κ1) is 13.5. The van der Waals surface area contributed by atoms with Crippen LogP contribution in [0.4, 0.5) is 0 Å². The van der Waals surface area contributed by atoms with E-state index in [1.807, 2.05) is 0 Å². The molecule has 0 aliphatic rings. The van der Waals surface area contributed by atoms with Crippen molar-refractivity contribution in [2.45, 2.75) is 39.3 Å². The molecule has 0 aliphatic carbocycles. The predicted molar refractivity (Wildman–Crippen MR) is 61.6 cm³/mol. The maximum absolute atomic E-state index is 5.79. The molecule has 0 aliphatic heterocycles. The lowest BCUT2D eigenvalue weighted by Crippen LogP contribution is -2.44. The van der Waals surface area contributed by atoms with Gasteiger partial charge in [-0.15, -0.1) is 0 Å². The van der Waals surface area contributed by atoms with Crippen LogP contribution in [-0.4, -0.2) is 33.3 Å². The summed E-state index contributed by atoms with van der Waals surface area (Å²) < 4.78 is 16.8. The Morgan fingerprint density at radius 2 is 1.08 bits per heavy atom. The first-order valence-corrected chi connectivity index (χ1v) is 12.5. The topological polar surface area (TPSA) is 27.7 Å². The highest BCUT2D eigenvalue weighted by molar-refractivity contribution is 6.79. The van der Waals surface area contributed by atoms with Crippen molar-refractivity contribution in [3.8, 4) is 0 Å². The van der Waals surface area contributed by atoms with E-state index in [1.54, 1.807) is 7.11 Å². The first-order chi connectivity index (χ1) is 5.64. The minimum atomic E-state index is -1.52. The normalized spacial score (nSPS) is 13.8. The molecule has 79 valence electrons. The van der Waals surface area contributed by atoms with Crippen LogP contribution in [0.5, 0.6) is 0 Å². The minimum Gasteiger partial charge on any atom is -0.414 e. The zero-order valence-electron chi connectivity index (χ0n) is 9.72. The highest BCUT2D eigenvalue weighted by atomic mass is 28.5. The second-order valence-electron chi connectivity index (χ2n) is 4.88. The second-order valence-corrected chi connectivity index (χ2v) is 15.9. The Morgan fingerprint density at radius 3 is 1.23 bits per heavy atom. The fourth-order valence-corrected chi connectivity index (χ4v) is 5.81. The summed E-state index contributed by atoms with van der Waals surface area (Å²) in [4.78, 5) is 0. The predicted octanol–water partition coefficient (Wildman–Crippen LogP) is 2.32. The van der Waals surface area contributed by atoms with E-state index in [0.717, 1.165) is 0 Å². The van der Waals surface area contributed by atoms with Crippen LogP contribution in [0.15, 0.2) is 0 Å². The van der Waals surface area contributed by atoms with Gasteiger partial charge < -0.3 is 12.7 Å². The third-order valence-corrected chi connectivity index (χ3v) is 7.51. The van der Waals surface area contributed by atoms with E-state index in [-0.39, 0.29) is 0 Å². The van der Waals surface area contributed by atoms with Crippen LogP contribution in [0, 0.1) is 0 Å². The molecule has 0 heterocycles. The van der Waals surface area contributed by atoms with Crippen molar-refractivity contribution in [1.29, 1.82) is 0 Å². The molecule has 0 atom stereocenters. The largest absolute Gasteiger partial charge is 0.555 e. The number of hydrogen-bond acceptors (Lipinski definition) is 3. The Bertz CT molecular complexity index is 134. The van der Waals surface area contributed by atoms with Crippen LogP contribution in [-0.2, 0) is 12.7 Å². The summed E-state index contributed by atoms with van der Waals surface area (Å²) in [7, 11) is -2.86. The van der Waals surface area contributed by atoms with Crippen LogP contribution in [0.1, 0.15) is 0 Å². The highest BCUT2D eigenvalue weighted by Gasteiger charge is 2.31. The van der Waals surface area contributed by atoms with Gasteiger partial charge in [0.1, 0.15) is 0 Å². The van der Waals surface area contributed by atoms with Gasteiger partial charge in [0.2, 0.25) is 0 Å². The Hall–Kier alpha value is 0.531. The van der Waals surface area contributed by atoms with Gasteiger partial charge in [0.15, 0.2) is 16.6 Å². The molecule has 0 aromatic carbocycles. The number of rotatable bonds is 5. The van der Waals surface area contributed by atoms with Gasteiger partial charge in [-0.1, -0.05) is 0 Å². The van der Waals surface area contributed by atoms with Crippen molar-refractivity contribution in [2.24, 2.45) is 0 Å². The Balaban J connectivity index is 4.05. The molecule has 0 spiro atoms. The summed E-state index contributed by atoms with van der Waals surface area (Å²) in [5.74, 6) is 0. The molecule has 0 fully saturated rings. The van der Waals surface area contributed by atoms with E-state index in [9.17, 15) is 0 Å². The Morgan fingerprint density at radius 1 is 0.769 bits per heavy atom. The lowest BCUT2D eigenvalue weighted by Gasteiger charge is -2.27. The minimum absolute atomic E-state index is 1.48. The standard InChI is InChI=1S/C7H21O3Si3/c1-8-11(9-12(2,3)4)10-13(5,6)7/h1-7H3. The molecule has 13 heavy (non-hydrogen) atoms. The molecule has 0 unspecified atom stereocenters. The smallest absolute Gasteiger partial charge is 0.414 e.